The summed E-state index contributed by atoms with van der Waals surface area (Å²) in [5.41, 5.74) is 1.86. The molecule has 1 aliphatic heterocycles. The molecule has 1 aliphatic rings. The lowest BCUT2D eigenvalue weighted by molar-refractivity contribution is -0.191. The second-order valence-corrected chi connectivity index (χ2v) is 9.96. The van der Waals surface area contributed by atoms with Crippen molar-refractivity contribution >= 4 is 23.8 Å². The topological polar surface area (TPSA) is 122 Å². The van der Waals surface area contributed by atoms with Gasteiger partial charge in [-0.15, -0.1) is 0 Å². The quantitative estimate of drug-likeness (QED) is 0.330. The minimum atomic E-state index is -0.666. The average molecular weight is 505 g/mol. The monoisotopic (exact) mass is 504 g/mol. The third kappa shape index (κ3) is 10.6. The maximum absolute atomic E-state index is 13.3. The molecular formula is C27H40N2O7. The third-order valence-electron chi connectivity index (χ3n) is 5.79. The first kappa shape index (κ1) is 30.9. The van der Waals surface area contributed by atoms with Gasteiger partial charge in [-0.1, -0.05) is 46.3 Å². The van der Waals surface area contributed by atoms with E-state index in [0.29, 0.717) is 35.6 Å². The van der Waals surface area contributed by atoms with Gasteiger partial charge in [0, 0.05) is 12.6 Å². The van der Waals surface area contributed by atoms with Gasteiger partial charge in [-0.2, -0.15) is 9.59 Å². The molecule has 1 fully saturated rings. The van der Waals surface area contributed by atoms with E-state index in [0.717, 1.165) is 37.7 Å². The van der Waals surface area contributed by atoms with Crippen LogP contribution >= 0.6 is 0 Å². The summed E-state index contributed by atoms with van der Waals surface area (Å²) in [5.74, 6) is 0.406. The fourth-order valence-corrected chi connectivity index (χ4v) is 3.97. The van der Waals surface area contributed by atoms with E-state index in [4.69, 9.17) is 19.1 Å². The van der Waals surface area contributed by atoms with Crippen LogP contribution in [0.5, 0.6) is 5.75 Å². The molecule has 0 unspecified atom stereocenters. The number of carbonyl (C=O) groups is 2. The van der Waals surface area contributed by atoms with Gasteiger partial charge >= 0.3 is 12.2 Å². The van der Waals surface area contributed by atoms with Crippen molar-refractivity contribution in [2.45, 2.75) is 72.3 Å². The molecule has 200 valence electrons. The molecule has 0 saturated carbocycles. The number of nitrogens with zero attached hydrogens (tertiary/aromatic N) is 1. The number of ether oxygens (including phenoxy) is 2. The van der Waals surface area contributed by atoms with E-state index in [1.807, 2.05) is 6.92 Å². The summed E-state index contributed by atoms with van der Waals surface area (Å²) in [6, 6.07) is 3.23. The SMILES string of the molecule is C=CCOC(=O)Nc1cc(OCCCCCC(C)(C)C)c(C)cc1C(=O)N1CCC[C@H]1CO.O=C=O. The first-order chi connectivity index (χ1) is 17.1. The zero-order valence-electron chi connectivity index (χ0n) is 21.9. The second-order valence-electron chi connectivity index (χ2n) is 9.96. The number of aryl methyl sites for hydroxylation is 1. The Morgan fingerprint density at radius 2 is 1.94 bits per heavy atom. The number of anilines is 1. The molecule has 1 atom stereocenters. The predicted octanol–water partition coefficient (Wildman–Crippen LogP) is 4.73. The molecule has 36 heavy (non-hydrogen) atoms. The van der Waals surface area contributed by atoms with Crippen LogP contribution in [0, 0.1) is 12.3 Å². The minimum Gasteiger partial charge on any atom is -0.493 e. The van der Waals surface area contributed by atoms with Gasteiger partial charge < -0.3 is 19.5 Å². The molecular weight excluding hydrogens is 464 g/mol. The zero-order chi connectivity index (χ0) is 27.1. The smallest absolute Gasteiger partial charge is 0.411 e. The van der Waals surface area contributed by atoms with Gasteiger partial charge in [0.1, 0.15) is 12.4 Å². The molecule has 0 aliphatic carbocycles. The number of aliphatic hydroxyl groups is 1. The van der Waals surface area contributed by atoms with Crippen LogP contribution in [-0.2, 0) is 14.3 Å². The molecule has 9 nitrogen and oxygen atoms in total. The number of unbranched alkanes of at least 4 members (excludes halogenated alkanes) is 2. The van der Waals surface area contributed by atoms with Gasteiger partial charge in [0.25, 0.3) is 5.91 Å². The molecule has 0 aromatic heterocycles. The number of rotatable bonds is 11. The Labute approximate surface area is 213 Å². The van der Waals surface area contributed by atoms with Crippen molar-refractivity contribution in [1.29, 1.82) is 0 Å². The Morgan fingerprint density at radius 3 is 2.56 bits per heavy atom. The largest absolute Gasteiger partial charge is 0.493 e. The summed E-state index contributed by atoms with van der Waals surface area (Å²) in [4.78, 5) is 43.4. The maximum atomic E-state index is 13.3. The van der Waals surface area contributed by atoms with Crippen molar-refractivity contribution < 1.29 is 33.8 Å². The molecule has 1 saturated heterocycles. The predicted molar refractivity (Wildman–Crippen MR) is 136 cm³/mol. The normalized spacial score (nSPS) is 14.8. The van der Waals surface area contributed by atoms with Gasteiger partial charge in [-0.3, -0.25) is 10.1 Å². The fraction of sp³-hybridized carbons (Fsp3) is 0.593. The number of carbonyl (C=O) groups excluding carboxylic acids is 4. The van der Waals surface area contributed by atoms with E-state index >= 15 is 0 Å². The van der Waals surface area contributed by atoms with Gasteiger partial charge in [-0.05, 0) is 49.7 Å². The van der Waals surface area contributed by atoms with Crippen LogP contribution in [0.15, 0.2) is 24.8 Å². The molecule has 2 amide bonds. The number of amides is 2. The van der Waals surface area contributed by atoms with Crippen LogP contribution in [0.4, 0.5) is 10.5 Å². The van der Waals surface area contributed by atoms with Gasteiger partial charge in [-0.25, -0.2) is 4.79 Å². The summed E-state index contributed by atoms with van der Waals surface area (Å²) in [7, 11) is 0. The Kier molecular flexibility index (Phi) is 13.5. The first-order valence-corrected chi connectivity index (χ1v) is 12.3. The van der Waals surface area contributed by atoms with Crippen LogP contribution < -0.4 is 10.1 Å². The lowest BCUT2D eigenvalue weighted by atomic mass is 9.89. The lowest BCUT2D eigenvalue weighted by Crippen LogP contribution is -2.38. The van der Waals surface area contributed by atoms with E-state index in [-0.39, 0.29) is 31.3 Å². The van der Waals surface area contributed by atoms with E-state index in [1.165, 1.54) is 12.5 Å². The Hall–Kier alpha value is -3.16. The van der Waals surface area contributed by atoms with Crippen LogP contribution in [0.25, 0.3) is 0 Å². The van der Waals surface area contributed by atoms with Crippen molar-refractivity contribution in [2.75, 3.05) is 31.7 Å². The standard InChI is InChI=1S/C26H40N2O5.CO2/c1-6-14-33-25(31)27-22-17-23(32-15-9-7-8-12-26(3,4)5)19(2)16-21(22)24(30)28-13-10-11-20(28)18-29;2-1-3/h6,16-17,20,29H,1,7-15,18H2,2-5H3,(H,27,31);/t20-;/m0./s1. The van der Waals surface area contributed by atoms with Crippen molar-refractivity contribution in [2.24, 2.45) is 5.41 Å². The number of aliphatic hydroxyl groups excluding tert-OH is 1. The van der Waals surface area contributed by atoms with E-state index < -0.39 is 6.09 Å². The zero-order valence-corrected chi connectivity index (χ0v) is 21.9. The molecule has 2 N–H and O–H groups in total. The van der Waals surface area contributed by atoms with Crippen molar-refractivity contribution in [3.63, 3.8) is 0 Å². The van der Waals surface area contributed by atoms with Crippen LogP contribution in [-0.4, -0.2) is 60.6 Å². The number of benzene rings is 1. The number of likely N-dealkylation sites (tertiary alicyclic amines) is 1. The van der Waals surface area contributed by atoms with Crippen LogP contribution in [0.2, 0.25) is 0 Å². The Morgan fingerprint density at radius 1 is 1.25 bits per heavy atom. The van der Waals surface area contributed by atoms with Crippen molar-refractivity contribution in [1.82, 2.24) is 4.90 Å². The summed E-state index contributed by atoms with van der Waals surface area (Å²) >= 11 is 0. The lowest BCUT2D eigenvalue weighted by Gasteiger charge is -2.25. The molecule has 1 aromatic carbocycles. The molecule has 0 radical (unpaired) electrons. The summed E-state index contributed by atoms with van der Waals surface area (Å²) in [6.07, 6.45) is 7.03. The number of nitrogens with one attached hydrogen (secondary N) is 1. The number of hydrogen-bond acceptors (Lipinski definition) is 7. The highest BCUT2D eigenvalue weighted by Gasteiger charge is 2.31. The van der Waals surface area contributed by atoms with Crippen LogP contribution in [0.3, 0.4) is 0 Å². The van der Waals surface area contributed by atoms with E-state index in [1.54, 1.807) is 17.0 Å². The summed E-state index contributed by atoms with van der Waals surface area (Å²) in [5, 5.41) is 12.3. The Balaban J connectivity index is 0.00000205. The van der Waals surface area contributed by atoms with Crippen LogP contribution in [0.1, 0.15) is 75.2 Å². The van der Waals surface area contributed by atoms with Gasteiger partial charge in [0.05, 0.1) is 30.5 Å². The van der Waals surface area contributed by atoms with E-state index in [2.05, 4.69) is 32.7 Å². The highest BCUT2D eigenvalue weighted by atomic mass is 16.5. The molecule has 0 spiro atoms. The fourth-order valence-electron chi connectivity index (χ4n) is 3.97. The summed E-state index contributed by atoms with van der Waals surface area (Å²) in [6.45, 7) is 13.3. The second kappa shape index (κ2) is 15.8. The molecule has 1 aromatic rings. The van der Waals surface area contributed by atoms with E-state index in [9.17, 15) is 14.7 Å². The minimum absolute atomic E-state index is 0.0671. The third-order valence-corrected chi connectivity index (χ3v) is 5.79. The molecule has 0 bridgehead atoms. The molecule has 1 heterocycles. The van der Waals surface area contributed by atoms with Crippen molar-refractivity contribution in [3.05, 3.63) is 35.9 Å². The highest BCUT2D eigenvalue weighted by Crippen LogP contribution is 2.31. The summed E-state index contributed by atoms with van der Waals surface area (Å²) < 4.78 is 11.0. The van der Waals surface area contributed by atoms with Gasteiger partial charge in [0.15, 0.2) is 0 Å². The number of hydrogen-bond donors (Lipinski definition) is 2. The molecule has 9 heteroatoms. The maximum Gasteiger partial charge on any atom is 0.411 e. The highest BCUT2D eigenvalue weighted by molar-refractivity contribution is 6.03. The van der Waals surface area contributed by atoms with Gasteiger partial charge in [0.2, 0.25) is 0 Å². The first-order valence-electron chi connectivity index (χ1n) is 12.3. The molecule has 2 rings (SSSR count). The average Bonchev–Trinajstić information content (AvgIpc) is 3.30. The van der Waals surface area contributed by atoms with Crippen molar-refractivity contribution in [3.8, 4) is 5.75 Å². The Bertz CT molecular complexity index is 902.